The van der Waals surface area contributed by atoms with E-state index in [2.05, 4.69) is 127 Å². The summed E-state index contributed by atoms with van der Waals surface area (Å²) < 4.78 is 52.5. The zero-order valence-corrected chi connectivity index (χ0v) is 58.1. The molecule has 3 aromatic carbocycles. The molecule has 7 aliphatic rings. The number of aromatic nitrogens is 12. The molecule has 102 heavy (non-hydrogen) atoms. The van der Waals surface area contributed by atoms with Gasteiger partial charge in [0.05, 0.1) is 118 Å². The van der Waals surface area contributed by atoms with Gasteiger partial charge >= 0.3 is 0 Å². The first-order valence-corrected chi connectivity index (χ1v) is 36.3. The van der Waals surface area contributed by atoms with E-state index in [1.165, 1.54) is 0 Å². The van der Waals surface area contributed by atoms with Crippen molar-refractivity contribution in [3.05, 3.63) is 116 Å². The third kappa shape index (κ3) is 18.6. The number of rotatable bonds is 21. The van der Waals surface area contributed by atoms with Crippen LogP contribution in [0.25, 0.3) is 33.1 Å². The highest BCUT2D eigenvalue weighted by Crippen LogP contribution is 2.38. The number of hydrogen-bond donors (Lipinski definition) is 4. The molecule has 7 fully saturated rings. The Morgan fingerprint density at radius 2 is 0.735 bits per heavy atom. The molecule has 2 atom stereocenters. The van der Waals surface area contributed by atoms with E-state index >= 15 is 0 Å². The standard InChI is InChI=1S/C26H32N6O4.2C24H30N6O3/c1-3-20(4-2-18(1)31-26-29-15-22(16-30-26)35-17-21-5-10-34-21)36-24-14-19(32-8-11-33-12-9-32)13-23-25(24)28-7-6-27-23;1-16(31)17-14-27-24(28-15-17)29-18-2-4-20(5-3-18)33-22-13-19(30-8-10-32-11-9-30)12-21-23(22)26-7-6-25-21;1-2-32-20-15-27-24(28-16-20)29-17-3-5-19(6-4-17)33-22-14-18(30-9-11-31-12-10-30)13-21-23(22)26-8-7-25-21/h6-7,13-16,18,20-21H,1-5,8-12,17H2,(H,29,30,31);6-7,12-16,18,20,31H,2-5,8-11H2,1H3,(H,27,28,29);7-8,13-17,19H,2-6,9-12H2,1H3,(H,27,28,29). The van der Waals surface area contributed by atoms with Crippen LogP contribution in [0.5, 0.6) is 28.7 Å². The fourth-order valence-electron chi connectivity index (χ4n) is 13.8. The Morgan fingerprint density at radius 1 is 0.412 bits per heavy atom. The lowest BCUT2D eigenvalue weighted by atomic mass is 9.93. The number of fused-ring (bicyclic) bond motifs is 3. The van der Waals surface area contributed by atoms with E-state index in [4.69, 9.17) is 42.6 Å². The monoisotopic (exact) mass is 1390 g/mol. The van der Waals surface area contributed by atoms with Crippen molar-refractivity contribution in [3.8, 4) is 28.7 Å². The molecule has 6 aromatic heterocycles. The molecule has 0 radical (unpaired) electrons. The van der Waals surface area contributed by atoms with E-state index in [0.29, 0.717) is 66.2 Å². The van der Waals surface area contributed by atoms with Crippen LogP contribution in [0.2, 0.25) is 0 Å². The Labute approximate surface area is 593 Å². The van der Waals surface area contributed by atoms with E-state index in [1.54, 1.807) is 81.3 Å². The van der Waals surface area contributed by atoms with Crippen molar-refractivity contribution in [2.75, 3.05) is 129 Å². The topological polar surface area (TPSA) is 304 Å². The molecule has 28 heteroatoms. The Hall–Kier alpha value is -9.48. The van der Waals surface area contributed by atoms with E-state index in [-0.39, 0.29) is 24.4 Å². The highest BCUT2D eigenvalue weighted by molar-refractivity contribution is 5.87. The van der Waals surface area contributed by atoms with Crippen LogP contribution in [-0.4, -0.2) is 206 Å². The first-order valence-electron chi connectivity index (χ1n) is 36.3. The van der Waals surface area contributed by atoms with Crippen LogP contribution in [0.15, 0.2) is 111 Å². The van der Waals surface area contributed by atoms with Gasteiger partial charge in [0, 0.05) is 161 Å². The molecule has 9 aromatic rings. The number of anilines is 6. The molecular formula is C74H92N18O10. The van der Waals surface area contributed by atoms with Crippen molar-refractivity contribution in [2.24, 2.45) is 0 Å². The highest BCUT2D eigenvalue weighted by Gasteiger charge is 2.29. The first-order chi connectivity index (χ1) is 50.2. The van der Waals surface area contributed by atoms with Gasteiger partial charge in [-0.25, -0.2) is 44.9 Å². The second-order valence-electron chi connectivity index (χ2n) is 26.6. The minimum Gasteiger partial charge on any atom is -0.491 e. The van der Waals surface area contributed by atoms with Crippen LogP contribution in [0, 0.1) is 0 Å². The maximum Gasteiger partial charge on any atom is 0.223 e. The molecule has 538 valence electrons. The maximum absolute atomic E-state index is 9.61. The molecule has 4 aliphatic heterocycles. The number of nitrogens with one attached hydrogen (secondary N) is 3. The zero-order chi connectivity index (χ0) is 69.2. The van der Waals surface area contributed by atoms with Gasteiger partial charge in [0.15, 0.2) is 11.5 Å². The third-order valence-corrected chi connectivity index (χ3v) is 19.6. The quantitative estimate of drug-likeness (QED) is 0.0520. The Balaban J connectivity index is 0.000000130. The van der Waals surface area contributed by atoms with Gasteiger partial charge in [-0.1, -0.05) is 0 Å². The molecule has 3 aliphatic carbocycles. The second kappa shape index (κ2) is 34.5. The second-order valence-corrected chi connectivity index (χ2v) is 26.6. The SMILES string of the molecule is CC(O)c1cnc(NC2CCC(Oc3cc(N4CCOCC4)cc4nccnc34)CC2)nc1.CCOc1cnc(NC2CCC(Oc3cc(N4CCOCC4)cc4nccnc34)CC2)nc1.c1cnc2c(OC3CCC(Nc4ncc(OCC5CCO5)cn4)CC3)cc(N3CCOCC3)cc2n1. The number of aliphatic hydroxyl groups excluding tert-OH is 1. The van der Waals surface area contributed by atoms with Crippen molar-refractivity contribution in [1.82, 2.24) is 59.8 Å². The van der Waals surface area contributed by atoms with E-state index in [1.807, 2.05) is 6.92 Å². The maximum atomic E-state index is 9.61. The minimum absolute atomic E-state index is 0.131. The zero-order valence-electron chi connectivity index (χ0n) is 58.1. The molecular weight excluding hydrogens is 1300 g/mol. The smallest absolute Gasteiger partial charge is 0.223 e. The summed E-state index contributed by atoms with van der Waals surface area (Å²) in [5.74, 6) is 5.66. The lowest BCUT2D eigenvalue weighted by molar-refractivity contribution is -0.0721. The minimum atomic E-state index is -0.561. The number of morpholine rings is 3. The van der Waals surface area contributed by atoms with Crippen molar-refractivity contribution in [2.45, 2.75) is 146 Å². The normalized spacial score (nSPS) is 22.5. The lowest BCUT2D eigenvalue weighted by Crippen LogP contribution is -2.36. The summed E-state index contributed by atoms with van der Waals surface area (Å²) in [6.45, 7) is 15.3. The fraction of sp³-hybridized carbons (Fsp3) is 0.514. The van der Waals surface area contributed by atoms with Gasteiger partial charge in [-0.05, 0) is 109 Å². The number of aliphatic hydroxyl groups is 1. The summed E-state index contributed by atoms with van der Waals surface area (Å²) >= 11 is 0. The number of ether oxygens (including phenoxy) is 9. The van der Waals surface area contributed by atoms with Crippen LogP contribution in [0.3, 0.4) is 0 Å². The van der Waals surface area contributed by atoms with Gasteiger partial charge < -0.3 is 78.4 Å². The van der Waals surface area contributed by atoms with Crippen LogP contribution in [-0.2, 0) is 18.9 Å². The van der Waals surface area contributed by atoms with Crippen LogP contribution in [0.1, 0.15) is 109 Å². The Morgan fingerprint density at radius 3 is 1.05 bits per heavy atom. The average Bonchev–Trinajstić information content (AvgIpc) is 0.805. The summed E-state index contributed by atoms with van der Waals surface area (Å²) in [6, 6.07) is 13.6. The molecule has 4 N–H and O–H groups in total. The predicted molar refractivity (Wildman–Crippen MR) is 386 cm³/mol. The van der Waals surface area contributed by atoms with Crippen molar-refractivity contribution >= 4 is 68.0 Å². The average molecular weight is 1390 g/mol. The predicted octanol–water partition coefficient (Wildman–Crippen LogP) is 9.80. The lowest BCUT2D eigenvalue weighted by Gasteiger charge is -2.31. The number of benzene rings is 3. The fourth-order valence-corrected chi connectivity index (χ4v) is 13.8. The van der Waals surface area contributed by atoms with Crippen molar-refractivity contribution in [1.29, 1.82) is 0 Å². The molecule has 28 nitrogen and oxygen atoms in total. The van der Waals surface area contributed by atoms with Gasteiger partial charge in [-0.15, -0.1) is 0 Å². The van der Waals surface area contributed by atoms with Gasteiger partial charge in [0.1, 0.15) is 40.4 Å². The van der Waals surface area contributed by atoms with Crippen LogP contribution >= 0.6 is 0 Å². The summed E-state index contributed by atoms with van der Waals surface area (Å²) in [5.41, 5.74) is 9.06. The van der Waals surface area contributed by atoms with E-state index in [0.717, 1.165) is 236 Å². The van der Waals surface area contributed by atoms with E-state index < -0.39 is 6.10 Å². The summed E-state index contributed by atoms with van der Waals surface area (Å²) in [7, 11) is 0. The summed E-state index contributed by atoms with van der Waals surface area (Å²) in [5, 5.41) is 19.9. The molecule has 0 amide bonds. The molecule has 10 heterocycles. The van der Waals surface area contributed by atoms with Gasteiger partial charge in [-0.3, -0.25) is 15.0 Å². The third-order valence-electron chi connectivity index (χ3n) is 19.6. The molecule has 4 saturated heterocycles. The molecule has 16 rings (SSSR count). The largest absolute Gasteiger partial charge is 0.491 e. The summed E-state index contributed by atoms with van der Waals surface area (Å²) in [6.07, 6.45) is 33.2. The molecule has 0 bridgehead atoms. The van der Waals surface area contributed by atoms with Crippen LogP contribution < -0.4 is 54.3 Å². The van der Waals surface area contributed by atoms with Gasteiger partial charge in [0.25, 0.3) is 0 Å². The van der Waals surface area contributed by atoms with Gasteiger partial charge in [-0.2, -0.15) is 0 Å². The Kier molecular flexibility index (Phi) is 23.5. The summed E-state index contributed by atoms with van der Waals surface area (Å²) in [4.78, 5) is 60.4. The molecule has 2 unspecified atom stereocenters. The Bertz CT molecular complexity index is 4090. The van der Waals surface area contributed by atoms with Crippen LogP contribution in [0.4, 0.5) is 34.9 Å². The number of nitrogens with zero attached hydrogens (tertiary/aromatic N) is 15. The first kappa shape index (κ1) is 69.6. The van der Waals surface area contributed by atoms with E-state index in [9.17, 15) is 5.11 Å². The molecule has 3 saturated carbocycles. The number of hydrogen-bond acceptors (Lipinski definition) is 28. The van der Waals surface area contributed by atoms with Gasteiger partial charge in [0.2, 0.25) is 17.8 Å². The van der Waals surface area contributed by atoms with Crippen molar-refractivity contribution in [3.63, 3.8) is 0 Å². The van der Waals surface area contributed by atoms with Crippen molar-refractivity contribution < 1.29 is 47.7 Å². The highest BCUT2D eigenvalue weighted by atomic mass is 16.5. The molecule has 0 spiro atoms.